The summed E-state index contributed by atoms with van der Waals surface area (Å²) < 4.78 is 15.0. The number of aliphatic hydroxyl groups is 1. The second-order valence-electron chi connectivity index (χ2n) is 7.88. The molecule has 0 aliphatic heterocycles. The van der Waals surface area contributed by atoms with Crippen LogP contribution in [0.5, 0.6) is 0 Å². The van der Waals surface area contributed by atoms with Crippen LogP contribution < -0.4 is 16.0 Å². The lowest BCUT2D eigenvalue weighted by Crippen LogP contribution is -2.42. The highest BCUT2D eigenvalue weighted by molar-refractivity contribution is 7.16. The Balaban J connectivity index is 1.51. The van der Waals surface area contributed by atoms with Crippen molar-refractivity contribution in [2.24, 2.45) is 0 Å². The highest BCUT2D eigenvalue weighted by atomic mass is 32.1. The van der Waals surface area contributed by atoms with E-state index in [0.29, 0.717) is 28.9 Å². The van der Waals surface area contributed by atoms with Crippen molar-refractivity contribution in [3.8, 4) is 0 Å². The molecule has 3 aromatic heterocycles. The van der Waals surface area contributed by atoms with Gasteiger partial charge in [-0.2, -0.15) is 0 Å². The fourth-order valence-corrected chi connectivity index (χ4v) is 3.45. The van der Waals surface area contributed by atoms with E-state index >= 15 is 0 Å². The summed E-state index contributed by atoms with van der Waals surface area (Å²) >= 11 is 1.52. The fraction of sp³-hybridized carbons (Fsp3) is 0.400. The van der Waals surface area contributed by atoms with E-state index in [-0.39, 0.29) is 6.54 Å². The predicted octanol–water partition coefficient (Wildman–Crippen LogP) is 3.24. The first-order valence-corrected chi connectivity index (χ1v) is 10.5. The van der Waals surface area contributed by atoms with E-state index in [0.717, 1.165) is 23.1 Å². The predicted molar refractivity (Wildman–Crippen MR) is 115 cm³/mol. The van der Waals surface area contributed by atoms with Gasteiger partial charge in [0.2, 0.25) is 0 Å². The molecular weight excluding hydrogens is 407 g/mol. The lowest BCUT2D eigenvalue weighted by atomic mass is 10.0. The first-order chi connectivity index (χ1) is 14.3. The van der Waals surface area contributed by atoms with Crippen LogP contribution in [0.3, 0.4) is 0 Å². The minimum Gasteiger partial charge on any atom is -0.387 e. The monoisotopic (exact) mass is 430 g/mol. The number of pyridine rings is 2. The third kappa shape index (κ3) is 4.82. The molecule has 1 aliphatic rings. The number of amides is 1. The topological polar surface area (TPSA) is 112 Å². The van der Waals surface area contributed by atoms with Gasteiger partial charge in [0, 0.05) is 24.4 Å². The van der Waals surface area contributed by atoms with E-state index in [4.69, 9.17) is 0 Å². The molecule has 158 valence electrons. The number of carbonyl (C=O) groups is 1. The van der Waals surface area contributed by atoms with E-state index in [2.05, 4.69) is 30.9 Å². The van der Waals surface area contributed by atoms with Crippen LogP contribution in [0.1, 0.15) is 37.0 Å². The second kappa shape index (κ2) is 8.11. The lowest BCUT2D eigenvalue weighted by Gasteiger charge is -2.22. The van der Waals surface area contributed by atoms with Crippen LogP contribution in [-0.4, -0.2) is 50.3 Å². The Morgan fingerprint density at radius 3 is 2.73 bits per heavy atom. The summed E-state index contributed by atoms with van der Waals surface area (Å²) in [6.45, 7) is 2.44. The van der Waals surface area contributed by atoms with Gasteiger partial charge in [0.25, 0.3) is 5.91 Å². The molecule has 30 heavy (non-hydrogen) atoms. The van der Waals surface area contributed by atoms with Gasteiger partial charge in [0.05, 0.1) is 45.3 Å². The Bertz CT molecular complexity index is 1060. The summed E-state index contributed by atoms with van der Waals surface area (Å²) in [6, 6.07) is 3.94. The van der Waals surface area contributed by atoms with Crippen LogP contribution in [0.4, 0.5) is 21.7 Å². The number of hydrogen-bond donors (Lipinski definition) is 4. The molecule has 1 saturated carbocycles. The number of fused-ring (bicyclic) bond motifs is 1. The van der Waals surface area contributed by atoms with Gasteiger partial charge in [0.15, 0.2) is 0 Å². The largest absolute Gasteiger partial charge is 0.387 e. The number of anilines is 3. The zero-order valence-corrected chi connectivity index (χ0v) is 17.5. The third-order valence-electron chi connectivity index (χ3n) is 4.77. The third-order valence-corrected chi connectivity index (χ3v) is 5.56. The molecule has 0 radical (unpaired) electrons. The summed E-state index contributed by atoms with van der Waals surface area (Å²) in [7, 11) is 0. The molecule has 1 fully saturated rings. The SMILES string of the molecule is CC(C)(O)C(F)CNC(=O)c1cnc(Nc2cc3scnc3cn2)cc1NC1CC1. The van der Waals surface area contributed by atoms with Crippen molar-refractivity contribution in [3.63, 3.8) is 0 Å². The van der Waals surface area contributed by atoms with Gasteiger partial charge in [-0.3, -0.25) is 4.79 Å². The van der Waals surface area contributed by atoms with Crippen LogP contribution in [0, 0.1) is 0 Å². The average molecular weight is 431 g/mol. The number of carbonyl (C=O) groups excluding carboxylic acids is 1. The van der Waals surface area contributed by atoms with Crippen molar-refractivity contribution >= 4 is 44.8 Å². The zero-order chi connectivity index (χ0) is 21.3. The molecule has 1 amide bonds. The zero-order valence-electron chi connectivity index (χ0n) is 16.6. The number of nitrogens with zero attached hydrogens (tertiary/aromatic N) is 3. The number of nitrogens with one attached hydrogen (secondary N) is 3. The molecule has 4 rings (SSSR count). The molecule has 1 unspecified atom stereocenters. The normalized spacial score (nSPS) is 15.1. The maximum absolute atomic E-state index is 14.0. The maximum Gasteiger partial charge on any atom is 0.255 e. The van der Waals surface area contributed by atoms with Crippen LogP contribution in [-0.2, 0) is 0 Å². The van der Waals surface area contributed by atoms with E-state index in [1.54, 1.807) is 17.8 Å². The number of rotatable bonds is 8. The van der Waals surface area contributed by atoms with Crippen LogP contribution >= 0.6 is 11.3 Å². The molecule has 0 spiro atoms. The van der Waals surface area contributed by atoms with Crippen molar-refractivity contribution in [1.29, 1.82) is 0 Å². The Hall–Kier alpha value is -2.85. The average Bonchev–Trinajstić information content (AvgIpc) is 3.38. The van der Waals surface area contributed by atoms with Crippen molar-refractivity contribution in [3.05, 3.63) is 35.6 Å². The Morgan fingerprint density at radius 2 is 2.00 bits per heavy atom. The second-order valence-corrected chi connectivity index (χ2v) is 8.77. The number of alkyl halides is 1. The van der Waals surface area contributed by atoms with Crippen LogP contribution in [0.25, 0.3) is 10.2 Å². The van der Waals surface area contributed by atoms with Gasteiger partial charge in [-0.1, -0.05) is 0 Å². The first-order valence-electron chi connectivity index (χ1n) is 9.67. The summed E-state index contributed by atoms with van der Waals surface area (Å²) in [5, 5.41) is 18.7. The molecule has 4 N–H and O–H groups in total. The van der Waals surface area contributed by atoms with E-state index < -0.39 is 17.7 Å². The van der Waals surface area contributed by atoms with E-state index in [1.807, 2.05) is 6.07 Å². The molecule has 1 atom stereocenters. The smallest absolute Gasteiger partial charge is 0.255 e. The molecule has 3 heterocycles. The van der Waals surface area contributed by atoms with Gasteiger partial charge >= 0.3 is 0 Å². The summed E-state index contributed by atoms with van der Waals surface area (Å²) in [6.07, 6.45) is 3.62. The van der Waals surface area contributed by atoms with Crippen LogP contribution in [0.2, 0.25) is 0 Å². The highest BCUT2D eigenvalue weighted by Gasteiger charge is 2.28. The number of thiazole rings is 1. The lowest BCUT2D eigenvalue weighted by molar-refractivity contribution is -0.00177. The Morgan fingerprint density at radius 1 is 1.27 bits per heavy atom. The molecule has 1 aliphatic carbocycles. The minimum atomic E-state index is -1.58. The van der Waals surface area contributed by atoms with Gasteiger partial charge < -0.3 is 21.1 Å². The maximum atomic E-state index is 14.0. The van der Waals surface area contributed by atoms with Gasteiger partial charge in [-0.25, -0.2) is 19.3 Å². The number of aromatic nitrogens is 3. The molecule has 0 saturated heterocycles. The Labute approximate surface area is 177 Å². The molecular formula is C20H23FN6O2S. The van der Waals surface area contributed by atoms with Gasteiger partial charge in [0.1, 0.15) is 17.8 Å². The number of hydrogen-bond acceptors (Lipinski definition) is 8. The quantitative estimate of drug-likeness (QED) is 0.434. The highest BCUT2D eigenvalue weighted by Crippen LogP contribution is 2.29. The van der Waals surface area contributed by atoms with Gasteiger partial charge in [-0.05, 0) is 26.7 Å². The molecule has 3 aromatic rings. The molecule has 0 aromatic carbocycles. The van der Waals surface area contributed by atoms with Gasteiger partial charge in [-0.15, -0.1) is 11.3 Å². The van der Waals surface area contributed by atoms with Crippen molar-refractivity contribution in [2.45, 2.75) is 44.5 Å². The minimum absolute atomic E-state index is 0.288. The van der Waals surface area contributed by atoms with Crippen LogP contribution in [0.15, 0.2) is 30.0 Å². The summed E-state index contributed by atoms with van der Waals surface area (Å²) in [5.74, 6) is 0.707. The standard InChI is InChI=1S/C20H23FN6O2S/c1-20(2,29)16(21)9-24-19(28)12-7-22-17(5-13(12)26-11-3-4-11)27-18-6-15-14(8-23-18)25-10-30-15/h5-8,10-11,16,29H,3-4,9H2,1-2H3,(H,24,28)(H2,22,23,26,27). The Kier molecular flexibility index (Phi) is 5.52. The van der Waals surface area contributed by atoms with Crippen molar-refractivity contribution < 1.29 is 14.3 Å². The fourth-order valence-electron chi connectivity index (χ4n) is 2.76. The molecule has 0 bridgehead atoms. The summed E-state index contributed by atoms with van der Waals surface area (Å²) in [4.78, 5) is 25.5. The van der Waals surface area contributed by atoms with E-state index in [1.165, 1.54) is 31.4 Å². The molecule has 8 nitrogen and oxygen atoms in total. The van der Waals surface area contributed by atoms with E-state index in [9.17, 15) is 14.3 Å². The van der Waals surface area contributed by atoms with Crippen molar-refractivity contribution in [1.82, 2.24) is 20.3 Å². The molecule has 10 heteroatoms. The van der Waals surface area contributed by atoms with Crippen molar-refractivity contribution in [2.75, 3.05) is 17.2 Å². The first kappa shape index (κ1) is 20.4. The summed E-state index contributed by atoms with van der Waals surface area (Å²) in [5.41, 5.74) is 2.00. The number of halogens is 1.